The molecule has 3 aromatic rings. The number of benzene rings is 1. The van der Waals surface area contributed by atoms with E-state index in [9.17, 15) is 13.2 Å². The first-order valence-corrected chi connectivity index (χ1v) is 13.7. The number of imidazole rings is 1. The van der Waals surface area contributed by atoms with E-state index in [1.165, 1.54) is 16.4 Å². The summed E-state index contributed by atoms with van der Waals surface area (Å²) < 4.78 is 35.5. The maximum absolute atomic E-state index is 13.4. The number of sulfonamides is 1. The summed E-state index contributed by atoms with van der Waals surface area (Å²) in [6, 6.07) is 4.57. The van der Waals surface area contributed by atoms with E-state index in [2.05, 4.69) is 27.1 Å². The van der Waals surface area contributed by atoms with E-state index < -0.39 is 10.0 Å². The molecule has 0 bridgehead atoms. The molecule has 0 radical (unpaired) electrons. The van der Waals surface area contributed by atoms with Gasteiger partial charge in [-0.15, -0.1) is 5.10 Å². The van der Waals surface area contributed by atoms with Crippen LogP contribution < -0.4 is 10.3 Å². The third-order valence-corrected chi connectivity index (χ3v) is 8.23. The lowest BCUT2D eigenvalue weighted by atomic mass is 10.1. The Hall–Kier alpha value is -3.25. The molecule has 0 unspecified atom stereocenters. The van der Waals surface area contributed by atoms with E-state index in [4.69, 9.17) is 9.94 Å². The van der Waals surface area contributed by atoms with E-state index in [1.807, 2.05) is 6.92 Å². The minimum Gasteiger partial charge on any atom is -0.493 e. The van der Waals surface area contributed by atoms with Crippen LogP contribution in [0.5, 0.6) is 5.75 Å². The van der Waals surface area contributed by atoms with Crippen LogP contribution in [0, 0.1) is 6.92 Å². The number of piperidine rings is 1. The standard InChI is InChI=1S/C24H32N6O5S/c1-4-6-7-8-21-25-16(3)22-24(31)26-23(27-30(21)22)19-15-18(9-10-20(19)35-5-2)36(33,34)29-13-11-17(28-32)12-14-29/h9-10,15,32H,4-8,11-14H2,1-3H3,(H,26,27,31). The number of hydrogen-bond acceptors (Lipinski definition) is 8. The zero-order valence-corrected chi connectivity index (χ0v) is 21.6. The molecular weight excluding hydrogens is 484 g/mol. The Labute approximate surface area is 209 Å². The van der Waals surface area contributed by atoms with E-state index in [1.54, 1.807) is 17.5 Å². The van der Waals surface area contributed by atoms with Gasteiger partial charge in [-0.3, -0.25) is 4.79 Å². The molecule has 1 aliphatic heterocycles. The van der Waals surface area contributed by atoms with Crippen molar-refractivity contribution in [2.75, 3.05) is 19.7 Å². The van der Waals surface area contributed by atoms with Crippen molar-refractivity contribution < 1.29 is 18.4 Å². The minimum absolute atomic E-state index is 0.0677. The first-order valence-electron chi connectivity index (χ1n) is 12.3. The summed E-state index contributed by atoms with van der Waals surface area (Å²) in [5.74, 6) is 1.31. The molecule has 194 valence electrons. The van der Waals surface area contributed by atoms with E-state index in [0.717, 1.165) is 19.3 Å². The second kappa shape index (κ2) is 10.8. The van der Waals surface area contributed by atoms with Gasteiger partial charge in [0.25, 0.3) is 5.56 Å². The number of fused-ring (bicyclic) bond motifs is 1. The maximum atomic E-state index is 13.4. The summed E-state index contributed by atoms with van der Waals surface area (Å²) >= 11 is 0. The fourth-order valence-corrected chi connectivity index (χ4v) is 5.89. The second-order valence-electron chi connectivity index (χ2n) is 8.79. The molecule has 0 aliphatic carbocycles. The number of hydrogen-bond donors (Lipinski definition) is 2. The monoisotopic (exact) mass is 516 g/mol. The van der Waals surface area contributed by atoms with Gasteiger partial charge in [0.15, 0.2) is 11.3 Å². The van der Waals surface area contributed by atoms with Gasteiger partial charge < -0.3 is 14.9 Å². The lowest BCUT2D eigenvalue weighted by molar-refractivity contribution is 0.309. The minimum atomic E-state index is -3.83. The number of nitrogens with zero attached hydrogens (tertiary/aromatic N) is 5. The summed E-state index contributed by atoms with van der Waals surface area (Å²) in [5.41, 5.74) is 1.57. The fraction of sp³-hybridized carbons (Fsp3) is 0.500. The number of aromatic nitrogens is 4. The molecule has 1 aliphatic rings. The highest BCUT2D eigenvalue weighted by atomic mass is 32.2. The van der Waals surface area contributed by atoms with Crippen LogP contribution in [0.3, 0.4) is 0 Å². The number of ether oxygens (including phenoxy) is 1. The molecule has 1 fully saturated rings. The highest BCUT2D eigenvalue weighted by molar-refractivity contribution is 7.89. The van der Waals surface area contributed by atoms with Crippen LogP contribution in [0.4, 0.5) is 0 Å². The van der Waals surface area contributed by atoms with Crippen molar-refractivity contribution in [1.29, 1.82) is 0 Å². The molecule has 0 saturated carbocycles. The van der Waals surface area contributed by atoms with Gasteiger partial charge in [-0.05, 0) is 38.5 Å². The Morgan fingerprint density at radius 3 is 2.61 bits per heavy atom. The van der Waals surface area contributed by atoms with Crippen LogP contribution in [-0.4, -0.2) is 62.9 Å². The Bertz CT molecular complexity index is 1430. The largest absolute Gasteiger partial charge is 0.493 e. The summed E-state index contributed by atoms with van der Waals surface area (Å²) in [4.78, 5) is 20.5. The molecule has 2 aromatic heterocycles. The molecule has 0 spiro atoms. The summed E-state index contributed by atoms with van der Waals surface area (Å²) in [5, 5.41) is 16.9. The van der Waals surface area contributed by atoms with Crippen molar-refractivity contribution in [3.8, 4) is 17.1 Å². The Morgan fingerprint density at radius 1 is 1.19 bits per heavy atom. The number of nitrogens with one attached hydrogen (secondary N) is 1. The first-order chi connectivity index (χ1) is 17.3. The SMILES string of the molecule is CCCCCc1nc(C)c2c(=O)[nH]c(-c3cc(S(=O)(=O)N4CCC(=NO)CC4)ccc3OCC)nn12. The van der Waals surface area contributed by atoms with E-state index in [-0.39, 0.29) is 29.4 Å². The van der Waals surface area contributed by atoms with Crippen molar-refractivity contribution >= 4 is 21.3 Å². The van der Waals surface area contributed by atoms with Gasteiger partial charge in [0, 0.05) is 32.4 Å². The first kappa shape index (κ1) is 25.8. The smallest absolute Gasteiger partial charge is 0.277 e. The normalized spacial score (nSPS) is 14.9. The zero-order chi connectivity index (χ0) is 25.9. The van der Waals surface area contributed by atoms with Crippen molar-refractivity contribution in [1.82, 2.24) is 23.9 Å². The molecular formula is C24H32N6O5S. The quantitative estimate of drug-likeness (QED) is 0.253. The average Bonchev–Trinajstić information content (AvgIpc) is 3.20. The third-order valence-electron chi connectivity index (χ3n) is 6.33. The van der Waals surface area contributed by atoms with Gasteiger partial charge in [-0.25, -0.2) is 17.9 Å². The van der Waals surface area contributed by atoms with Crippen LogP contribution in [0.1, 0.15) is 57.5 Å². The van der Waals surface area contributed by atoms with Crippen molar-refractivity contribution in [2.24, 2.45) is 5.16 Å². The average molecular weight is 517 g/mol. The van der Waals surface area contributed by atoms with E-state index >= 15 is 0 Å². The molecule has 0 amide bonds. The number of aromatic amines is 1. The third kappa shape index (κ3) is 5.00. The van der Waals surface area contributed by atoms with Crippen molar-refractivity contribution in [2.45, 2.75) is 64.2 Å². The fourth-order valence-electron chi connectivity index (χ4n) is 4.42. The van der Waals surface area contributed by atoms with Gasteiger partial charge in [-0.1, -0.05) is 24.9 Å². The lowest BCUT2D eigenvalue weighted by Gasteiger charge is -2.26. The number of aryl methyl sites for hydroxylation is 2. The predicted octanol–water partition coefficient (Wildman–Crippen LogP) is 3.14. The van der Waals surface area contributed by atoms with E-state index in [0.29, 0.717) is 59.9 Å². The Kier molecular flexibility index (Phi) is 7.74. The Balaban J connectivity index is 1.80. The summed E-state index contributed by atoms with van der Waals surface area (Å²) in [7, 11) is -3.83. The van der Waals surface area contributed by atoms with Crippen molar-refractivity contribution in [3.05, 3.63) is 40.1 Å². The molecule has 12 heteroatoms. The van der Waals surface area contributed by atoms with Crippen LogP contribution >= 0.6 is 0 Å². The number of rotatable bonds is 9. The van der Waals surface area contributed by atoms with Gasteiger partial charge in [-0.2, -0.15) is 4.31 Å². The van der Waals surface area contributed by atoms with Gasteiger partial charge >= 0.3 is 0 Å². The molecule has 36 heavy (non-hydrogen) atoms. The van der Waals surface area contributed by atoms with Gasteiger partial charge in [0.2, 0.25) is 10.0 Å². The summed E-state index contributed by atoms with van der Waals surface area (Å²) in [6.45, 7) is 6.52. The van der Waals surface area contributed by atoms with Crippen molar-refractivity contribution in [3.63, 3.8) is 0 Å². The molecule has 4 rings (SSSR count). The summed E-state index contributed by atoms with van der Waals surface area (Å²) in [6.07, 6.45) is 4.44. The number of H-pyrrole nitrogens is 1. The second-order valence-corrected chi connectivity index (χ2v) is 10.7. The zero-order valence-electron chi connectivity index (χ0n) is 20.8. The van der Waals surface area contributed by atoms with Crippen LogP contribution in [0.15, 0.2) is 33.0 Å². The van der Waals surface area contributed by atoms with Crippen LogP contribution in [0.2, 0.25) is 0 Å². The molecule has 2 N–H and O–H groups in total. The maximum Gasteiger partial charge on any atom is 0.277 e. The molecule has 1 aromatic carbocycles. The van der Waals surface area contributed by atoms with Gasteiger partial charge in [0.1, 0.15) is 11.6 Å². The predicted molar refractivity (Wildman–Crippen MR) is 135 cm³/mol. The number of oxime groups is 1. The number of unbranched alkanes of at least 4 members (excludes halogenated alkanes) is 2. The topological polar surface area (TPSA) is 142 Å². The highest BCUT2D eigenvalue weighted by Gasteiger charge is 2.29. The van der Waals surface area contributed by atoms with Crippen LogP contribution in [0.25, 0.3) is 16.9 Å². The highest BCUT2D eigenvalue weighted by Crippen LogP contribution is 2.32. The van der Waals surface area contributed by atoms with Crippen LogP contribution in [-0.2, 0) is 16.4 Å². The molecule has 11 nitrogen and oxygen atoms in total. The molecule has 3 heterocycles. The Morgan fingerprint density at radius 2 is 1.94 bits per heavy atom. The lowest BCUT2D eigenvalue weighted by Crippen LogP contribution is -2.38. The molecule has 0 atom stereocenters. The molecule has 1 saturated heterocycles. The van der Waals surface area contributed by atoms with Gasteiger partial charge in [0.05, 0.1) is 28.5 Å².